The summed E-state index contributed by atoms with van der Waals surface area (Å²) in [5.41, 5.74) is 0.983. The van der Waals surface area contributed by atoms with Crippen LogP contribution in [-0.2, 0) is 14.4 Å². The van der Waals surface area contributed by atoms with Gasteiger partial charge in [-0.3, -0.25) is 4.79 Å². The molecule has 0 amide bonds. The third-order valence-electron chi connectivity index (χ3n) is 3.27. The lowest BCUT2D eigenvalue weighted by Gasteiger charge is -1.99. The lowest BCUT2D eigenvalue weighted by Crippen LogP contribution is -2.07. The number of esters is 1. The van der Waals surface area contributed by atoms with Crippen molar-refractivity contribution in [1.29, 1.82) is 0 Å². The molecule has 0 spiro atoms. The average Bonchev–Trinajstić information content (AvgIpc) is 2.80. The Bertz CT molecular complexity index is 345. The summed E-state index contributed by atoms with van der Waals surface area (Å²) in [6.45, 7) is 8.54. The topological polar surface area (TPSA) is 47.9 Å². The lowest BCUT2D eigenvalue weighted by atomic mass is 10.1. The minimum Gasteiger partial charge on any atom is -0.469 e. The second kappa shape index (κ2) is 5.34. The summed E-state index contributed by atoms with van der Waals surface area (Å²) in [7, 11) is 1.43. The van der Waals surface area contributed by atoms with E-state index in [1.807, 2.05) is 13.8 Å². The predicted octanol–water partition coefficient (Wildman–Crippen LogP) is 2.40. The van der Waals surface area contributed by atoms with Gasteiger partial charge in [0.05, 0.1) is 19.2 Å². The Hall–Kier alpha value is -1.32. The number of nitrogens with zero attached hydrogens (tertiary/aromatic N) is 1. The molecule has 0 aliphatic heterocycles. The number of methoxy groups -OCH3 is 1. The van der Waals surface area contributed by atoms with Crippen LogP contribution in [0.15, 0.2) is 16.8 Å². The molecule has 4 heteroatoms. The van der Waals surface area contributed by atoms with Gasteiger partial charge in [0.1, 0.15) is 6.61 Å². The van der Waals surface area contributed by atoms with Crippen molar-refractivity contribution in [3.8, 4) is 0 Å². The zero-order valence-corrected chi connectivity index (χ0v) is 11.2. The normalized spacial score (nSPS) is 27.0. The standard InChI is InChI=1S/C13H21NO3/c1-6-17-14-8-9(2)7-10-11(12(15)16-5)13(10,3)4/h7-8,10-11H,6H2,1-5H3. The van der Waals surface area contributed by atoms with Crippen LogP contribution in [0.4, 0.5) is 0 Å². The molecule has 1 fully saturated rings. The highest BCUT2D eigenvalue weighted by atomic mass is 16.6. The summed E-state index contributed by atoms with van der Waals surface area (Å²) < 4.78 is 4.79. The Balaban J connectivity index is 2.64. The minimum atomic E-state index is -0.134. The van der Waals surface area contributed by atoms with Gasteiger partial charge in [-0.2, -0.15) is 0 Å². The molecule has 1 aliphatic rings. The number of rotatable bonds is 5. The molecule has 0 aromatic rings. The Morgan fingerprint density at radius 2 is 2.12 bits per heavy atom. The summed E-state index contributed by atoms with van der Waals surface area (Å²) >= 11 is 0. The molecule has 2 unspecified atom stereocenters. The first-order valence-electron chi connectivity index (χ1n) is 5.86. The maximum absolute atomic E-state index is 11.5. The fraction of sp³-hybridized carbons (Fsp3) is 0.692. The Labute approximate surface area is 103 Å². The Morgan fingerprint density at radius 1 is 1.47 bits per heavy atom. The van der Waals surface area contributed by atoms with E-state index in [0.29, 0.717) is 6.61 Å². The highest BCUT2D eigenvalue weighted by Crippen LogP contribution is 2.59. The number of ether oxygens (including phenoxy) is 1. The van der Waals surface area contributed by atoms with Gasteiger partial charge in [-0.05, 0) is 30.8 Å². The third kappa shape index (κ3) is 3.08. The molecule has 17 heavy (non-hydrogen) atoms. The number of hydrogen-bond acceptors (Lipinski definition) is 4. The van der Waals surface area contributed by atoms with Gasteiger partial charge in [0.15, 0.2) is 0 Å². The molecule has 1 saturated carbocycles. The molecule has 0 heterocycles. The molecule has 0 bridgehead atoms. The van der Waals surface area contributed by atoms with Crippen molar-refractivity contribution in [1.82, 2.24) is 0 Å². The van der Waals surface area contributed by atoms with Crippen molar-refractivity contribution in [3.63, 3.8) is 0 Å². The molecule has 2 atom stereocenters. The lowest BCUT2D eigenvalue weighted by molar-refractivity contribution is -0.143. The van der Waals surface area contributed by atoms with Gasteiger partial charge < -0.3 is 9.57 Å². The van der Waals surface area contributed by atoms with Crippen LogP contribution in [0.2, 0.25) is 0 Å². The van der Waals surface area contributed by atoms with Gasteiger partial charge in [-0.25, -0.2) is 0 Å². The quantitative estimate of drug-likeness (QED) is 0.420. The van der Waals surface area contributed by atoms with Crippen LogP contribution < -0.4 is 0 Å². The van der Waals surface area contributed by atoms with Crippen molar-refractivity contribution in [2.75, 3.05) is 13.7 Å². The van der Waals surface area contributed by atoms with Crippen LogP contribution in [0.1, 0.15) is 27.7 Å². The van der Waals surface area contributed by atoms with Crippen molar-refractivity contribution in [3.05, 3.63) is 11.6 Å². The highest BCUT2D eigenvalue weighted by molar-refractivity contribution is 5.80. The molecule has 4 nitrogen and oxygen atoms in total. The maximum atomic E-state index is 11.5. The first kappa shape index (κ1) is 13.7. The van der Waals surface area contributed by atoms with Crippen LogP contribution in [-0.4, -0.2) is 25.9 Å². The molecular weight excluding hydrogens is 218 g/mol. The van der Waals surface area contributed by atoms with E-state index in [1.165, 1.54) is 7.11 Å². The third-order valence-corrected chi connectivity index (χ3v) is 3.27. The summed E-state index contributed by atoms with van der Waals surface area (Å²) in [6, 6.07) is 0. The zero-order valence-electron chi connectivity index (χ0n) is 11.2. The van der Waals surface area contributed by atoms with Gasteiger partial charge in [0.2, 0.25) is 0 Å². The van der Waals surface area contributed by atoms with Crippen molar-refractivity contribution < 1.29 is 14.4 Å². The summed E-state index contributed by atoms with van der Waals surface area (Å²) in [5.74, 6) is 0.0526. The fourth-order valence-electron chi connectivity index (χ4n) is 2.09. The van der Waals surface area contributed by atoms with Crippen LogP contribution in [0.5, 0.6) is 0 Å². The maximum Gasteiger partial charge on any atom is 0.309 e. The average molecular weight is 239 g/mol. The van der Waals surface area contributed by atoms with Crippen LogP contribution >= 0.6 is 0 Å². The Kier molecular flexibility index (Phi) is 4.32. The van der Waals surface area contributed by atoms with E-state index >= 15 is 0 Å². The van der Waals surface area contributed by atoms with Crippen molar-refractivity contribution in [2.24, 2.45) is 22.4 Å². The van der Waals surface area contributed by atoms with Crippen molar-refractivity contribution >= 4 is 12.2 Å². The smallest absolute Gasteiger partial charge is 0.309 e. The van der Waals surface area contributed by atoms with E-state index in [4.69, 9.17) is 9.57 Å². The number of oxime groups is 1. The molecule has 0 aromatic heterocycles. The second-order valence-electron chi connectivity index (χ2n) is 4.91. The van der Waals surface area contributed by atoms with Crippen LogP contribution in [0.3, 0.4) is 0 Å². The van der Waals surface area contributed by atoms with Crippen molar-refractivity contribution in [2.45, 2.75) is 27.7 Å². The number of hydrogen-bond donors (Lipinski definition) is 0. The molecular formula is C13H21NO3. The Morgan fingerprint density at radius 3 is 2.65 bits per heavy atom. The molecule has 0 aromatic carbocycles. The number of allylic oxidation sites excluding steroid dienone is 2. The molecule has 0 radical (unpaired) electrons. The van der Waals surface area contributed by atoms with Gasteiger partial charge >= 0.3 is 5.97 Å². The zero-order chi connectivity index (χ0) is 13.1. The summed E-state index contributed by atoms with van der Waals surface area (Å²) in [5, 5.41) is 3.80. The van der Waals surface area contributed by atoms with Gasteiger partial charge in [0, 0.05) is 0 Å². The monoisotopic (exact) mass is 239 g/mol. The second-order valence-corrected chi connectivity index (χ2v) is 4.91. The first-order chi connectivity index (χ1) is 7.95. The fourth-order valence-corrected chi connectivity index (χ4v) is 2.09. The highest BCUT2D eigenvalue weighted by Gasteiger charge is 2.61. The number of carbonyl (C=O) groups is 1. The van der Waals surface area contributed by atoms with E-state index in [-0.39, 0.29) is 23.2 Å². The molecule has 1 rings (SSSR count). The van der Waals surface area contributed by atoms with E-state index < -0.39 is 0 Å². The predicted molar refractivity (Wildman–Crippen MR) is 66.7 cm³/mol. The van der Waals surface area contributed by atoms with Crippen LogP contribution in [0, 0.1) is 17.3 Å². The first-order valence-corrected chi connectivity index (χ1v) is 5.86. The number of carbonyl (C=O) groups excluding carboxylic acids is 1. The minimum absolute atomic E-state index is 0.0200. The van der Waals surface area contributed by atoms with Gasteiger partial charge in [0.25, 0.3) is 0 Å². The van der Waals surface area contributed by atoms with E-state index in [0.717, 1.165) is 5.57 Å². The largest absolute Gasteiger partial charge is 0.469 e. The molecule has 96 valence electrons. The van der Waals surface area contributed by atoms with Gasteiger partial charge in [-0.15, -0.1) is 0 Å². The van der Waals surface area contributed by atoms with Gasteiger partial charge in [-0.1, -0.05) is 25.1 Å². The van der Waals surface area contributed by atoms with E-state index in [1.54, 1.807) is 6.21 Å². The molecule has 0 saturated heterocycles. The van der Waals surface area contributed by atoms with E-state index in [2.05, 4.69) is 25.1 Å². The SMILES string of the molecule is CCON=CC(C)=CC1C(C(=O)OC)C1(C)C. The molecule has 0 N–H and O–H groups in total. The molecule has 1 aliphatic carbocycles. The summed E-state index contributed by atoms with van der Waals surface area (Å²) in [6.07, 6.45) is 3.73. The van der Waals surface area contributed by atoms with E-state index in [9.17, 15) is 4.79 Å². The van der Waals surface area contributed by atoms with Crippen LogP contribution in [0.25, 0.3) is 0 Å². The summed E-state index contributed by atoms with van der Waals surface area (Å²) in [4.78, 5) is 16.4.